The molecule has 1 aromatic rings. The van der Waals surface area contributed by atoms with Crippen LogP contribution in [0.3, 0.4) is 0 Å². The summed E-state index contributed by atoms with van der Waals surface area (Å²) in [6.45, 7) is 0.251. The largest absolute Gasteiger partial charge is 0.481 e. The van der Waals surface area contributed by atoms with Crippen molar-refractivity contribution < 1.29 is 18.3 Å². The predicted octanol–water partition coefficient (Wildman–Crippen LogP) is 1.21. The molecular formula is C14H20N2O4S. The van der Waals surface area contributed by atoms with Crippen molar-refractivity contribution in [2.24, 2.45) is 5.92 Å². The smallest absolute Gasteiger partial charge is 0.308 e. The number of hydrogen-bond acceptors (Lipinski definition) is 3. The first-order valence-corrected chi connectivity index (χ1v) is 8.34. The van der Waals surface area contributed by atoms with E-state index in [1.54, 1.807) is 0 Å². The Hall–Kier alpha value is -1.44. The molecule has 21 heavy (non-hydrogen) atoms. The number of benzene rings is 1. The molecular weight excluding hydrogens is 292 g/mol. The van der Waals surface area contributed by atoms with E-state index in [1.165, 1.54) is 11.4 Å². The van der Waals surface area contributed by atoms with Gasteiger partial charge < -0.3 is 5.11 Å². The van der Waals surface area contributed by atoms with E-state index >= 15 is 0 Å². The van der Waals surface area contributed by atoms with Crippen LogP contribution in [0.4, 0.5) is 0 Å². The number of carbonyl (C=O) groups is 1. The van der Waals surface area contributed by atoms with E-state index in [9.17, 15) is 13.2 Å². The maximum absolute atomic E-state index is 12.3. The molecule has 0 spiro atoms. The third-order valence-corrected chi connectivity index (χ3v) is 5.34. The number of rotatable bonds is 6. The Bertz CT molecular complexity index is 588. The Kier molecular flexibility index (Phi) is 4.97. The number of carboxylic acid groups (broad SMARTS) is 1. The molecule has 1 aromatic carbocycles. The van der Waals surface area contributed by atoms with Crippen molar-refractivity contribution in [3.63, 3.8) is 0 Å². The molecule has 116 valence electrons. The summed E-state index contributed by atoms with van der Waals surface area (Å²) in [5.74, 6) is -1.57. The van der Waals surface area contributed by atoms with E-state index in [1.807, 2.05) is 30.3 Å². The van der Waals surface area contributed by atoms with Gasteiger partial charge >= 0.3 is 5.97 Å². The van der Waals surface area contributed by atoms with E-state index in [0.717, 1.165) is 12.0 Å². The number of aliphatic carboxylic acids is 1. The quantitative estimate of drug-likeness (QED) is 0.826. The zero-order valence-electron chi connectivity index (χ0n) is 11.9. The highest BCUT2D eigenvalue weighted by molar-refractivity contribution is 7.87. The fourth-order valence-electron chi connectivity index (χ4n) is 2.60. The average Bonchev–Trinajstić information content (AvgIpc) is 2.87. The van der Waals surface area contributed by atoms with E-state index in [4.69, 9.17) is 5.11 Å². The molecule has 1 aliphatic carbocycles. The van der Waals surface area contributed by atoms with Crippen LogP contribution in [0.15, 0.2) is 30.3 Å². The maximum Gasteiger partial charge on any atom is 0.308 e. The zero-order valence-corrected chi connectivity index (χ0v) is 12.7. The minimum absolute atomic E-state index is 0.251. The first-order valence-electron chi connectivity index (χ1n) is 6.90. The molecule has 2 atom stereocenters. The van der Waals surface area contributed by atoms with E-state index < -0.39 is 28.1 Å². The third-order valence-electron chi connectivity index (χ3n) is 3.79. The number of nitrogens with zero attached hydrogens (tertiary/aromatic N) is 1. The van der Waals surface area contributed by atoms with Crippen molar-refractivity contribution >= 4 is 16.2 Å². The minimum Gasteiger partial charge on any atom is -0.481 e. The van der Waals surface area contributed by atoms with Crippen molar-refractivity contribution in [1.82, 2.24) is 9.03 Å². The van der Waals surface area contributed by atoms with Gasteiger partial charge in [-0.3, -0.25) is 4.79 Å². The lowest BCUT2D eigenvalue weighted by Crippen LogP contribution is -2.46. The highest BCUT2D eigenvalue weighted by atomic mass is 32.2. The van der Waals surface area contributed by atoms with Gasteiger partial charge in [-0.05, 0) is 18.4 Å². The second kappa shape index (κ2) is 6.55. The van der Waals surface area contributed by atoms with Crippen LogP contribution in [0.2, 0.25) is 0 Å². The third kappa shape index (κ3) is 4.03. The van der Waals surface area contributed by atoms with Crippen LogP contribution in [-0.2, 0) is 21.5 Å². The molecule has 1 saturated carbocycles. The van der Waals surface area contributed by atoms with Gasteiger partial charge in [0, 0.05) is 19.6 Å². The fraction of sp³-hybridized carbons (Fsp3) is 0.500. The highest BCUT2D eigenvalue weighted by Crippen LogP contribution is 2.26. The fourth-order valence-corrected chi connectivity index (χ4v) is 3.77. The van der Waals surface area contributed by atoms with Gasteiger partial charge in [0.05, 0.1) is 5.92 Å². The van der Waals surface area contributed by atoms with Crippen LogP contribution in [0.1, 0.15) is 24.8 Å². The molecule has 0 amide bonds. The van der Waals surface area contributed by atoms with Gasteiger partial charge in [0.15, 0.2) is 0 Å². The minimum atomic E-state index is -3.69. The number of hydrogen-bond donors (Lipinski definition) is 2. The first-order chi connectivity index (χ1) is 9.90. The lowest BCUT2D eigenvalue weighted by Gasteiger charge is -2.23. The zero-order chi connectivity index (χ0) is 15.5. The molecule has 6 nitrogen and oxygen atoms in total. The normalized spacial score (nSPS) is 22.6. The molecule has 2 N–H and O–H groups in total. The van der Waals surface area contributed by atoms with Crippen molar-refractivity contribution in [1.29, 1.82) is 0 Å². The summed E-state index contributed by atoms with van der Waals surface area (Å²) in [5.41, 5.74) is 0.881. The van der Waals surface area contributed by atoms with Gasteiger partial charge in [-0.1, -0.05) is 36.8 Å². The molecule has 0 aliphatic heterocycles. The Morgan fingerprint density at radius 2 is 2.00 bits per heavy atom. The van der Waals surface area contributed by atoms with Crippen LogP contribution in [0.5, 0.6) is 0 Å². The van der Waals surface area contributed by atoms with Crippen LogP contribution in [0.25, 0.3) is 0 Å². The molecule has 0 saturated heterocycles. The van der Waals surface area contributed by atoms with Crippen molar-refractivity contribution in [3.8, 4) is 0 Å². The molecule has 1 aliphatic rings. The standard InChI is InChI=1S/C14H20N2O4S/c1-16(10-11-6-3-2-4-7-11)21(19,20)15-13-9-5-8-12(13)14(17)18/h2-4,6-7,12-13,15H,5,8-10H2,1H3,(H,17,18). The van der Waals surface area contributed by atoms with Gasteiger partial charge in [0.1, 0.15) is 0 Å². The molecule has 0 aromatic heterocycles. The van der Waals surface area contributed by atoms with Crippen LogP contribution < -0.4 is 4.72 Å². The van der Waals surface area contributed by atoms with Crippen molar-refractivity contribution in [3.05, 3.63) is 35.9 Å². The summed E-state index contributed by atoms with van der Waals surface area (Å²) in [4.78, 5) is 11.1. The second-order valence-electron chi connectivity index (χ2n) is 5.35. The summed E-state index contributed by atoms with van der Waals surface area (Å²) >= 11 is 0. The van der Waals surface area contributed by atoms with Crippen LogP contribution >= 0.6 is 0 Å². The van der Waals surface area contributed by atoms with Crippen LogP contribution in [-0.4, -0.2) is 36.9 Å². The monoisotopic (exact) mass is 312 g/mol. The van der Waals surface area contributed by atoms with Gasteiger partial charge in [-0.2, -0.15) is 17.4 Å². The van der Waals surface area contributed by atoms with E-state index in [-0.39, 0.29) is 6.54 Å². The number of nitrogens with one attached hydrogen (secondary N) is 1. The highest BCUT2D eigenvalue weighted by Gasteiger charge is 2.36. The lowest BCUT2D eigenvalue weighted by molar-refractivity contribution is -0.141. The van der Waals surface area contributed by atoms with E-state index in [0.29, 0.717) is 12.8 Å². The summed E-state index contributed by atoms with van der Waals surface area (Å²) in [7, 11) is -2.20. The Balaban J connectivity index is 2.02. The predicted molar refractivity (Wildman–Crippen MR) is 78.7 cm³/mol. The topological polar surface area (TPSA) is 86.7 Å². The lowest BCUT2D eigenvalue weighted by atomic mass is 10.1. The molecule has 7 heteroatoms. The van der Waals surface area contributed by atoms with Gasteiger partial charge in [0.2, 0.25) is 0 Å². The second-order valence-corrected chi connectivity index (χ2v) is 7.16. The van der Waals surface area contributed by atoms with Gasteiger partial charge in [0.25, 0.3) is 10.2 Å². The summed E-state index contributed by atoms with van der Waals surface area (Å²) in [5, 5.41) is 9.11. The Morgan fingerprint density at radius 1 is 1.33 bits per heavy atom. The van der Waals surface area contributed by atoms with E-state index in [2.05, 4.69) is 4.72 Å². The molecule has 1 fully saturated rings. The molecule has 2 unspecified atom stereocenters. The summed E-state index contributed by atoms with van der Waals surface area (Å²) in [6, 6.07) is 8.74. The Labute approximate surface area is 125 Å². The molecule has 0 bridgehead atoms. The van der Waals surface area contributed by atoms with Gasteiger partial charge in [-0.25, -0.2) is 0 Å². The maximum atomic E-state index is 12.3. The summed E-state index contributed by atoms with van der Waals surface area (Å²) in [6.07, 6.45) is 1.81. The van der Waals surface area contributed by atoms with Crippen molar-refractivity contribution in [2.45, 2.75) is 31.8 Å². The average molecular weight is 312 g/mol. The molecule has 0 radical (unpaired) electrons. The SMILES string of the molecule is CN(Cc1ccccc1)S(=O)(=O)NC1CCCC1C(=O)O. The number of carboxylic acids is 1. The molecule has 2 rings (SSSR count). The Morgan fingerprint density at radius 3 is 2.62 bits per heavy atom. The van der Waals surface area contributed by atoms with Crippen molar-refractivity contribution in [2.75, 3.05) is 7.05 Å². The summed E-state index contributed by atoms with van der Waals surface area (Å²) < 4.78 is 28.3. The first kappa shape index (κ1) is 15.9. The van der Waals surface area contributed by atoms with Gasteiger partial charge in [-0.15, -0.1) is 0 Å². The van der Waals surface area contributed by atoms with Crippen LogP contribution in [0, 0.1) is 5.92 Å². The molecule has 0 heterocycles.